The van der Waals surface area contributed by atoms with Crippen LogP contribution in [0.2, 0.25) is 5.02 Å². The first-order chi connectivity index (χ1) is 16.7. The third-order valence-corrected chi connectivity index (χ3v) is 7.67. The highest BCUT2D eigenvalue weighted by Crippen LogP contribution is 2.27. The van der Waals surface area contributed by atoms with E-state index in [9.17, 15) is 13.2 Å². The van der Waals surface area contributed by atoms with Gasteiger partial charge in [0.05, 0.1) is 10.7 Å². The molecule has 1 heterocycles. The predicted molar refractivity (Wildman–Crippen MR) is 138 cm³/mol. The van der Waals surface area contributed by atoms with Gasteiger partial charge in [-0.1, -0.05) is 35.9 Å². The summed E-state index contributed by atoms with van der Waals surface area (Å²) in [6, 6.07) is 17.3. The van der Waals surface area contributed by atoms with Gasteiger partial charge < -0.3 is 9.88 Å². The van der Waals surface area contributed by atoms with Crippen LogP contribution in [0.3, 0.4) is 0 Å². The number of anilines is 1. The Bertz CT molecular complexity index is 1500. The molecule has 180 valence electrons. The minimum Gasteiger partial charge on any atom is -0.348 e. The third kappa shape index (κ3) is 5.39. The smallest absolute Gasteiger partial charge is 0.263 e. The second-order valence-corrected chi connectivity index (χ2v) is 10.2. The molecule has 0 aliphatic carbocycles. The molecule has 7 nitrogen and oxygen atoms in total. The van der Waals surface area contributed by atoms with Crippen molar-refractivity contribution in [2.24, 2.45) is 0 Å². The molecule has 0 fully saturated rings. The van der Waals surface area contributed by atoms with Crippen molar-refractivity contribution in [1.29, 1.82) is 0 Å². The summed E-state index contributed by atoms with van der Waals surface area (Å²) in [5.74, 6) is 0.478. The molecule has 0 spiro atoms. The first kappa shape index (κ1) is 24.5. The zero-order valence-corrected chi connectivity index (χ0v) is 21.1. The number of sulfonamides is 1. The van der Waals surface area contributed by atoms with E-state index < -0.39 is 15.9 Å². The maximum Gasteiger partial charge on any atom is 0.263 e. The molecular weight excluding hydrogens is 484 g/mol. The van der Waals surface area contributed by atoms with Crippen LogP contribution in [0.25, 0.3) is 5.69 Å². The van der Waals surface area contributed by atoms with Crippen LogP contribution in [0.15, 0.2) is 78.0 Å². The number of aryl methyl sites for hydroxylation is 2. The molecule has 0 atom stereocenters. The van der Waals surface area contributed by atoms with Gasteiger partial charge in [0.2, 0.25) is 0 Å². The largest absolute Gasteiger partial charge is 0.348 e. The van der Waals surface area contributed by atoms with E-state index in [-0.39, 0.29) is 22.0 Å². The Hall–Kier alpha value is -3.62. The normalized spacial score (nSPS) is 11.3. The molecule has 1 amide bonds. The van der Waals surface area contributed by atoms with E-state index in [0.717, 1.165) is 28.2 Å². The van der Waals surface area contributed by atoms with E-state index in [1.165, 1.54) is 18.2 Å². The summed E-state index contributed by atoms with van der Waals surface area (Å²) < 4.78 is 30.7. The Morgan fingerprint density at radius 2 is 1.77 bits per heavy atom. The quantitative estimate of drug-likeness (QED) is 0.359. The Morgan fingerprint density at radius 3 is 2.46 bits per heavy atom. The van der Waals surface area contributed by atoms with E-state index >= 15 is 0 Å². The van der Waals surface area contributed by atoms with Gasteiger partial charge in [0.15, 0.2) is 0 Å². The number of nitrogens with zero attached hydrogens (tertiary/aromatic N) is 2. The van der Waals surface area contributed by atoms with Gasteiger partial charge in [-0.2, -0.15) is 0 Å². The fourth-order valence-corrected chi connectivity index (χ4v) is 5.27. The van der Waals surface area contributed by atoms with Crippen LogP contribution in [0, 0.1) is 20.8 Å². The average Bonchev–Trinajstić information content (AvgIpc) is 3.26. The molecule has 0 saturated carbocycles. The summed E-state index contributed by atoms with van der Waals surface area (Å²) in [6.45, 7) is 5.94. The van der Waals surface area contributed by atoms with Gasteiger partial charge in [-0.05, 0) is 73.9 Å². The molecule has 4 rings (SSSR count). The summed E-state index contributed by atoms with van der Waals surface area (Å²) in [5, 5.41) is 2.86. The topological polar surface area (TPSA) is 93.1 Å². The molecule has 0 aliphatic rings. The average molecular weight is 509 g/mol. The molecule has 3 aromatic carbocycles. The lowest BCUT2D eigenvalue weighted by Gasteiger charge is -2.14. The lowest BCUT2D eigenvalue weighted by Crippen LogP contribution is -2.23. The highest BCUT2D eigenvalue weighted by molar-refractivity contribution is 7.92. The van der Waals surface area contributed by atoms with Crippen molar-refractivity contribution >= 4 is 33.2 Å². The van der Waals surface area contributed by atoms with Crippen LogP contribution in [0.5, 0.6) is 0 Å². The fraction of sp³-hybridized carbons (Fsp3) is 0.154. The number of halogens is 1. The molecule has 9 heteroatoms. The molecule has 0 saturated heterocycles. The number of benzene rings is 3. The Morgan fingerprint density at radius 1 is 1.03 bits per heavy atom. The number of imidazole rings is 1. The molecule has 2 N–H and O–H groups in total. The molecule has 35 heavy (non-hydrogen) atoms. The van der Waals surface area contributed by atoms with Crippen LogP contribution in [-0.4, -0.2) is 23.9 Å². The van der Waals surface area contributed by atoms with E-state index in [4.69, 9.17) is 11.6 Å². The van der Waals surface area contributed by atoms with Gasteiger partial charge in [0.25, 0.3) is 15.9 Å². The fourth-order valence-electron chi connectivity index (χ4n) is 3.62. The van der Waals surface area contributed by atoms with Crippen molar-refractivity contribution in [3.63, 3.8) is 0 Å². The molecular formula is C26H25ClN4O3S. The lowest BCUT2D eigenvalue weighted by atomic mass is 10.1. The van der Waals surface area contributed by atoms with Gasteiger partial charge in [0, 0.05) is 30.2 Å². The number of aromatic nitrogens is 2. The van der Waals surface area contributed by atoms with Crippen LogP contribution < -0.4 is 10.0 Å². The molecule has 0 bridgehead atoms. The molecule has 0 radical (unpaired) electrons. The first-order valence-corrected chi connectivity index (χ1v) is 12.8. The van der Waals surface area contributed by atoms with Crippen molar-refractivity contribution in [3.8, 4) is 5.69 Å². The summed E-state index contributed by atoms with van der Waals surface area (Å²) >= 11 is 6.21. The van der Waals surface area contributed by atoms with Crippen molar-refractivity contribution in [1.82, 2.24) is 14.9 Å². The summed E-state index contributed by atoms with van der Waals surface area (Å²) in [5.41, 5.74) is 4.30. The van der Waals surface area contributed by atoms with Crippen molar-refractivity contribution < 1.29 is 13.2 Å². The van der Waals surface area contributed by atoms with E-state index in [2.05, 4.69) is 15.0 Å². The second kappa shape index (κ2) is 9.93. The summed E-state index contributed by atoms with van der Waals surface area (Å²) in [4.78, 5) is 16.8. The highest BCUT2D eigenvalue weighted by Gasteiger charge is 2.21. The van der Waals surface area contributed by atoms with Gasteiger partial charge in [-0.15, -0.1) is 0 Å². The van der Waals surface area contributed by atoms with Gasteiger partial charge >= 0.3 is 0 Å². The number of carbonyl (C=O) groups is 1. The van der Waals surface area contributed by atoms with E-state index in [1.807, 2.05) is 61.9 Å². The van der Waals surface area contributed by atoms with Gasteiger partial charge in [-0.25, -0.2) is 13.4 Å². The SMILES string of the molecule is Cc1cccc(NS(=O)(=O)c2cc(C(=O)NCc3ccc(-n4ccnc4C)cc3)ccc2Cl)c1C. The Balaban J connectivity index is 1.48. The highest BCUT2D eigenvalue weighted by atomic mass is 35.5. The third-order valence-electron chi connectivity index (χ3n) is 5.83. The minimum atomic E-state index is -4.01. The lowest BCUT2D eigenvalue weighted by molar-refractivity contribution is 0.0950. The number of hydrogen-bond acceptors (Lipinski definition) is 4. The second-order valence-electron chi connectivity index (χ2n) is 8.19. The van der Waals surface area contributed by atoms with E-state index in [0.29, 0.717) is 5.69 Å². The van der Waals surface area contributed by atoms with Crippen molar-refractivity contribution in [2.45, 2.75) is 32.2 Å². The predicted octanol–water partition coefficient (Wildman–Crippen LogP) is 5.18. The molecule has 0 aliphatic heterocycles. The van der Waals surface area contributed by atoms with E-state index in [1.54, 1.807) is 18.3 Å². The number of amides is 1. The Labute approximate surface area is 209 Å². The number of carbonyl (C=O) groups excluding carboxylic acids is 1. The van der Waals surface area contributed by atoms with Crippen LogP contribution in [0.1, 0.15) is 32.9 Å². The van der Waals surface area contributed by atoms with Gasteiger partial charge in [-0.3, -0.25) is 9.52 Å². The maximum atomic E-state index is 13.1. The summed E-state index contributed by atoms with van der Waals surface area (Å²) in [6.07, 6.45) is 3.62. The van der Waals surface area contributed by atoms with Crippen molar-refractivity contribution in [2.75, 3.05) is 4.72 Å². The Kier molecular flexibility index (Phi) is 6.95. The van der Waals surface area contributed by atoms with Crippen LogP contribution in [0.4, 0.5) is 5.69 Å². The molecule has 4 aromatic rings. The molecule has 0 unspecified atom stereocenters. The number of nitrogens with one attached hydrogen (secondary N) is 2. The van der Waals surface area contributed by atoms with Crippen LogP contribution in [-0.2, 0) is 16.6 Å². The van der Waals surface area contributed by atoms with Crippen LogP contribution >= 0.6 is 11.6 Å². The van der Waals surface area contributed by atoms with Crippen molar-refractivity contribution in [3.05, 3.63) is 106 Å². The standard InChI is InChI=1S/C26H25ClN4O3S/c1-17-5-4-6-24(18(17)2)30-35(33,34)25-15-21(9-12-23(25)27)26(32)29-16-20-7-10-22(11-8-20)31-14-13-28-19(31)3/h4-15,30H,16H2,1-3H3,(H,29,32). The summed E-state index contributed by atoms with van der Waals surface area (Å²) in [7, 11) is -4.01. The monoisotopic (exact) mass is 508 g/mol. The van der Waals surface area contributed by atoms with Gasteiger partial charge in [0.1, 0.15) is 10.7 Å². The number of hydrogen-bond donors (Lipinski definition) is 2. The zero-order valence-electron chi connectivity index (χ0n) is 19.5. The maximum absolute atomic E-state index is 13.1. The number of rotatable bonds is 7. The first-order valence-electron chi connectivity index (χ1n) is 10.9. The molecule has 1 aromatic heterocycles. The minimum absolute atomic E-state index is 0.0322. The zero-order chi connectivity index (χ0) is 25.2.